The maximum atomic E-state index is 12.3. The second-order valence-corrected chi connectivity index (χ2v) is 6.85. The van der Waals surface area contributed by atoms with Gasteiger partial charge in [0.05, 0.1) is 5.56 Å². The van der Waals surface area contributed by atoms with Gasteiger partial charge in [0.1, 0.15) is 17.8 Å². The first kappa shape index (κ1) is 17.2. The number of imidazole rings is 1. The molecule has 1 amide bonds. The van der Waals surface area contributed by atoms with Crippen molar-refractivity contribution < 1.29 is 9.32 Å². The summed E-state index contributed by atoms with van der Waals surface area (Å²) < 4.78 is 7.01. The third-order valence-electron chi connectivity index (χ3n) is 4.63. The number of nitrogens with zero attached hydrogens (tertiary/aromatic N) is 6. The Bertz CT molecular complexity index is 1130. The largest absolute Gasteiger partial charge is 0.347 e. The molecule has 1 N–H and O–H groups in total. The summed E-state index contributed by atoms with van der Waals surface area (Å²) in [6.45, 7) is 0.388. The lowest BCUT2D eigenvalue weighted by atomic mass is 10.3. The second kappa shape index (κ2) is 7.27. The number of nitrogens with one attached hydrogen (secondary N) is 1. The van der Waals surface area contributed by atoms with Crippen LogP contribution in [-0.2, 0) is 6.54 Å². The number of rotatable bonds is 6. The van der Waals surface area contributed by atoms with Crippen molar-refractivity contribution in [3.05, 3.63) is 72.5 Å². The van der Waals surface area contributed by atoms with Crippen LogP contribution in [0.15, 0.2) is 59.9 Å². The van der Waals surface area contributed by atoms with Crippen molar-refractivity contribution >= 4 is 5.91 Å². The number of hydrogen-bond donors (Lipinski definition) is 1. The average molecular weight is 387 g/mol. The smallest absolute Gasteiger partial charge is 0.271 e. The van der Waals surface area contributed by atoms with Crippen LogP contribution in [-0.4, -0.2) is 35.6 Å². The summed E-state index contributed by atoms with van der Waals surface area (Å²) in [6.07, 6.45) is 10.5. The van der Waals surface area contributed by atoms with Gasteiger partial charge in [0.15, 0.2) is 5.82 Å². The minimum Gasteiger partial charge on any atom is -0.347 e. The van der Waals surface area contributed by atoms with E-state index in [9.17, 15) is 4.79 Å². The van der Waals surface area contributed by atoms with E-state index in [-0.39, 0.29) is 5.91 Å². The Kier molecular flexibility index (Phi) is 4.32. The molecule has 0 unspecified atom stereocenters. The summed E-state index contributed by atoms with van der Waals surface area (Å²) in [4.78, 5) is 29.3. The molecule has 0 spiro atoms. The van der Waals surface area contributed by atoms with Crippen molar-refractivity contribution in [2.45, 2.75) is 25.3 Å². The summed E-state index contributed by atoms with van der Waals surface area (Å²) in [5.41, 5.74) is 1.98. The maximum Gasteiger partial charge on any atom is 0.271 e. The lowest BCUT2D eigenvalue weighted by molar-refractivity contribution is 0.0946. The molecule has 0 atom stereocenters. The molecule has 9 nitrogen and oxygen atoms in total. The van der Waals surface area contributed by atoms with Crippen LogP contribution in [0.25, 0.3) is 17.3 Å². The van der Waals surface area contributed by atoms with E-state index in [1.807, 2.05) is 24.3 Å². The van der Waals surface area contributed by atoms with E-state index in [1.165, 1.54) is 0 Å². The van der Waals surface area contributed by atoms with Crippen LogP contribution >= 0.6 is 0 Å². The molecule has 4 aromatic heterocycles. The Labute approximate surface area is 165 Å². The Morgan fingerprint density at radius 1 is 1.21 bits per heavy atom. The number of carbonyl (C=O) groups excluding carboxylic acids is 1. The van der Waals surface area contributed by atoms with Gasteiger partial charge in [-0.1, -0.05) is 11.2 Å². The Balaban J connectivity index is 1.26. The van der Waals surface area contributed by atoms with E-state index < -0.39 is 0 Å². The van der Waals surface area contributed by atoms with Crippen LogP contribution in [0.5, 0.6) is 0 Å². The predicted molar refractivity (Wildman–Crippen MR) is 102 cm³/mol. The molecule has 1 aliphatic rings. The average Bonchev–Trinajstić information content (AvgIpc) is 3.29. The van der Waals surface area contributed by atoms with Crippen molar-refractivity contribution in [1.29, 1.82) is 0 Å². The van der Waals surface area contributed by atoms with E-state index in [4.69, 9.17) is 4.52 Å². The van der Waals surface area contributed by atoms with Gasteiger partial charge in [-0.05, 0) is 36.6 Å². The fourth-order valence-electron chi connectivity index (χ4n) is 2.87. The third kappa shape index (κ3) is 3.75. The first-order valence-corrected chi connectivity index (χ1v) is 9.28. The molecule has 9 heteroatoms. The summed E-state index contributed by atoms with van der Waals surface area (Å²) >= 11 is 0. The molecule has 29 heavy (non-hydrogen) atoms. The van der Waals surface area contributed by atoms with Crippen molar-refractivity contribution in [3.8, 4) is 17.3 Å². The van der Waals surface area contributed by atoms with Gasteiger partial charge >= 0.3 is 0 Å². The van der Waals surface area contributed by atoms with Crippen molar-refractivity contribution in [2.24, 2.45) is 0 Å². The lowest BCUT2D eigenvalue weighted by Crippen LogP contribution is -2.23. The summed E-state index contributed by atoms with van der Waals surface area (Å²) in [7, 11) is 0. The van der Waals surface area contributed by atoms with Gasteiger partial charge in [0, 0.05) is 37.3 Å². The van der Waals surface area contributed by atoms with E-state index in [1.54, 1.807) is 35.7 Å². The standard InChI is InChI=1S/C20H17N7O2/c28-19(23-9-13-2-1-7-21-8-13)16-11-27(12-24-16)17-6-5-15(10-22-17)20-25-18(26-29-20)14-3-4-14/h1-2,5-8,10-12,14H,3-4,9H2,(H,23,28). The van der Waals surface area contributed by atoms with Gasteiger partial charge in [-0.3, -0.25) is 14.3 Å². The zero-order chi connectivity index (χ0) is 19.6. The van der Waals surface area contributed by atoms with Crippen molar-refractivity contribution in [3.63, 3.8) is 0 Å². The molecule has 0 radical (unpaired) electrons. The summed E-state index contributed by atoms with van der Waals surface area (Å²) in [5, 5.41) is 6.84. The van der Waals surface area contributed by atoms with Gasteiger partial charge in [-0.25, -0.2) is 9.97 Å². The SMILES string of the molecule is O=C(NCc1cccnc1)c1cn(-c2ccc(-c3nc(C4CC4)no3)cn2)cn1. The van der Waals surface area contributed by atoms with Crippen LogP contribution in [0.1, 0.15) is 40.6 Å². The molecule has 4 heterocycles. The molecule has 1 saturated carbocycles. The molecule has 0 saturated heterocycles. The first-order valence-electron chi connectivity index (χ1n) is 9.28. The molecule has 0 aliphatic heterocycles. The molecule has 144 valence electrons. The fraction of sp³-hybridized carbons (Fsp3) is 0.200. The highest BCUT2D eigenvalue weighted by Crippen LogP contribution is 2.38. The molecule has 4 aromatic rings. The van der Waals surface area contributed by atoms with E-state index >= 15 is 0 Å². The zero-order valence-corrected chi connectivity index (χ0v) is 15.4. The summed E-state index contributed by atoms with van der Waals surface area (Å²) in [5.74, 6) is 2.04. The van der Waals surface area contributed by atoms with Crippen LogP contribution in [0.2, 0.25) is 0 Å². The molecule has 1 aliphatic carbocycles. The van der Waals surface area contributed by atoms with Crippen molar-refractivity contribution in [2.75, 3.05) is 0 Å². The van der Waals surface area contributed by atoms with E-state index in [0.717, 1.165) is 29.8 Å². The molecule has 1 fully saturated rings. The fourth-order valence-corrected chi connectivity index (χ4v) is 2.87. The lowest BCUT2D eigenvalue weighted by Gasteiger charge is -2.03. The van der Waals surface area contributed by atoms with Crippen LogP contribution in [0, 0.1) is 0 Å². The molecular formula is C20H17N7O2. The molecular weight excluding hydrogens is 370 g/mol. The topological polar surface area (TPSA) is 112 Å². The first-order chi connectivity index (χ1) is 14.3. The van der Waals surface area contributed by atoms with Crippen LogP contribution in [0.3, 0.4) is 0 Å². The van der Waals surface area contributed by atoms with Gasteiger partial charge in [-0.15, -0.1) is 0 Å². The summed E-state index contributed by atoms with van der Waals surface area (Å²) in [6, 6.07) is 7.39. The minimum absolute atomic E-state index is 0.261. The molecule has 5 rings (SSSR count). The third-order valence-corrected chi connectivity index (χ3v) is 4.63. The quantitative estimate of drug-likeness (QED) is 0.541. The molecule has 0 aromatic carbocycles. The Morgan fingerprint density at radius 2 is 2.14 bits per heavy atom. The number of aromatic nitrogens is 6. The Morgan fingerprint density at radius 3 is 2.90 bits per heavy atom. The van der Waals surface area contributed by atoms with Crippen molar-refractivity contribution in [1.82, 2.24) is 35.0 Å². The normalized spacial score (nSPS) is 13.4. The number of amides is 1. The van der Waals surface area contributed by atoms with Gasteiger partial charge < -0.3 is 9.84 Å². The zero-order valence-electron chi connectivity index (χ0n) is 15.4. The number of pyridine rings is 2. The van der Waals surface area contributed by atoms with Crippen LogP contribution < -0.4 is 5.32 Å². The number of hydrogen-bond acceptors (Lipinski definition) is 7. The van der Waals surface area contributed by atoms with E-state index in [2.05, 4.69) is 30.4 Å². The second-order valence-electron chi connectivity index (χ2n) is 6.85. The van der Waals surface area contributed by atoms with Gasteiger partial charge in [0.2, 0.25) is 0 Å². The minimum atomic E-state index is -0.261. The monoisotopic (exact) mass is 387 g/mol. The highest BCUT2D eigenvalue weighted by molar-refractivity contribution is 5.92. The highest BCUT2D eigenvalue weighted by Gasteiger charge is 2.29. The highest BCUT2D eigenvalue weighted by atomic mass is 16.5. The number of carbonyl (C=O) groups is 1. The van der Waals surface area contributed by atoms with Gasteiger partial charge in [-0.2, -0.15) is 4.98 Å². The Hall–Kier alpha value is -3.88. The van der Waals surface area contributed by atoms with Crippen LogP contribution in [0.4, 0.5) is 0 Å². The maximum absolute atomic E-state index is 12.3. The van der Waals surface area contributed by atoms with E-state index in [0.29, 0.717) is 29.9 Å². The predicted octanol–water partition coefficient (Wildman–Crippen LogP) is 2.52. The van der Waals surface area contributed by atoms with Gasteiger partial charge in [0.25, 0.3) is 11.8 Å². The molecule has 0 bridgehead atoms.